The van der Waals surface area contributed by atoms with Crippen LogP contribution in [-0.2, 0) is 9.47 Å². The number of benzene rings is 2. The molecule has 41 heavy (non-hydrogen) atoms. The summed E-state index contributed by atoms with van der Waals surface area (Å²) in [6.07, 6.45) is -8.15. The predicted octanol–water partition coefficient (Wildman–Crippen LogP) is -0.973. The van der Waals surface area contributed by atoms with Gasteiger partial charge in [0.25, 0.3) is 0 Å². The molecule has 12 heteroatoms. The van der Waals surface area contributed by atoms with Crippen LogP contribution in [0.2, 0.25) is 0 Å². The van der Waals surface area contributed by atoms with E-state index in [1.807, 2.05) is 12.2 Å². The largest absolute Gasteiger partial charge is 0.462 e. The first-order valence-electron chi connectivity index (χ1n) is 13.1. The second-order valence-electron chi connectivity index (χ2n) is 9.89. The molecule has 2 aromatic rings. The minimum atomic E-state index is -1.53. The highest BCUT2D eigenvalue weighted by atomic mass is 16.7. The molecule has 2 heterocycles. The van der Waals surface area contributed by atoms with E-state index in [4.69, 9.17) is 18.9 Å². The van der Waals surface area contributed by atoms with Crippen LogP contribution < -0.4 is 9.47 Å². The van der Waals surface area contributed by atoms with Gasteiger partial charge >= 0.3 is 0 Å². The molecule has 2 saturated heterocycles. The van der Waals surface area contributed by atoms with Crippen molar-refractivity contribution in [1.82, 2.24) is 0 Å². The Bertz CT molecular complexity index is 1140. The molecule has 2 aromatic carbocycles. The lowest BCUT2D eigenvalue weighted by Crippen LogP contribution is -2.60. The second kappa shape index (κ2) is 13.9. The zero-order valence-electron chi connectivity index (χ0n) is 22.0. The number of aliphatic hydroxyl groups is 8. The van der Waals surface area contributed by atoms with Gasteiger partial charge < -0.3 is 59.8 Å². The third kappa shape index (κ3) is 7.13. The summed E-state index contributed by atoms with van der Waals surface area (Å²) in [5.41, 5.74) is 1.72. The number of ether oxygens (including phenoxy) is 4. The molecule has 11 atom stereocenters. The molecule has 0 radical (unpaired) electrons. The van der Waals surface area contributed by atoms with Crippen LogP contribution in [0.4, 0.5) is 0 Å². The third-order valence-corrected chi connectivity index (χ3v) is 7.10. The Morgan fingerprint density at radius 2 is 1.10 bits per heavy atom. The fraction of sp³-hybridized carbons (Fsp3) is 0.448. The van der Waals surface area contributed by atoms with E-state index in [0.29, 0.717) is 11.5 Å². The van der Waals surface area contributed by atoms with Gasteiger partial charge in [-0.15, -0.1) is 6.58 Å². The minimum Gasteiger partial charge on any atom is -0.462 e. The molecule has 4 rings (SSSR count). The molecule has 0 bridgehead atoms. The van der Waals surface area contributed by atoms with Crippen molar-refractivity contribution in [2.75, 3.05) is 13.2 Å². The predicted molar refractivity (Wildman–Crippen MR) is 144 cm³/mol. The Morgan fingerprint density at radius 3 is 1.51 bits per heavy atom. The van der Waals surface area contributed by atoms with Crippen LogP contribution in [0.25, 0.3) is 6.08 Å². The monoisotopic (exact) mass is 576 g/mol. The van der Waals surface area contributed by atoms with Crippen LogP contribution in [-0.4, -0.2) is 115 Å². The molecule has 0 aliphatic carbocycles. The fourth-order valence-corrected chi connectivity index (χ4v) is 4.56. The van der Waals surface area contributed by atoms with Crippen LogP contribution in [0, 0.1) is 0 Å². The van der Waals surface area contributed by atoms with Gasteiger partial charge in [-0.05, 0) is 35.4 Å². The van der Waals surface area contributed by atoms with E-state index >= 15 is 0 Å². The molecular weight excluding hydrogens is 540 g/mol. The summed E-state index contributed by atoms with van der Waals surface area (Å²) < 4.78 is 22.0. The van der Waals surface area contributed by atoms with Gasteiger partial charge in [0, 0.05) is 5.92 Å². The summed E-state index contributed by atoms with van der Waals surface area (Å²) in [7, 11) is 0. The van der Waals surface area contributed by atoms with Crippen LogP contribution in [0.15, 0.2) is 67.3 Å². The zero-order valence-corrected chi connectivity index (χ0v) is 22.0. The molecule has 0 unspecified atom stereocenters. The van der Waals surface area contributed by atoms with Gasteiger partial charge in [-0.3, -0.25) is 0 Å². The average molecular weight is 577 g/mol. The van der Waals surface area contributed by atoms with E-state index in [-0.39, 0.29) is 5.92 Å². The van der Waals surface area contributed by atoms with E-state index in [0.717, 1.165) is 11.1 Å². The second-order valence-corrected chi connectivity index (χ2v) is 9.89. The number of hydrogen-bond acceptors (Lipinski definition) is 12. The molecule has 0 aromatic heterocycles. The van der Waals surface area contributed by atoms with Crippen molar-refractivity contribution in [3.8, 4) is 11.5 Å². The average Bonchev–Trinajstić information content (AvgIpc) is 2.99. The van der Waals surface area contributed by atoms with E-state index in [1.54, 1.807) is 54.6 Å². The number of allylic oxidation sites excluding steroid dienone is 2. The first-order valence-corrected chi connectivity index (χ1v) is 13.1. The highest BCUT2D eigenvalue weighted by molar-refractivity contribution is 5.53. The Balaban J connectivity index is 1.35. The molecule has 224 valence electrons. The van der Waals surface area contributed by atoms with Crippen LogP contribution in [0.3, 0.4) is 0 Å². The van der Waals surface area contributed by atoms with Gasteiger partial charge in [0.2, 0.25) is 12.6 Å². The maximum Gasteiger partial charge on any atom is 0.229 e. The lowest BCUT2D eigenvalue weighted by Gasteiger charge is -2.39. The number of aliphatic hydroxyl groups excluding tert-OH is 8. The van der Waals surface area contributed by atoms with Crippen molar-refractivity contribution in [3.05, 3.63) is 78.4 Å². The van der Waals surface area contributed by atoms with Crippen molar-refractivity contribution in [3.63, 3.8) is 0 Å². The Morgan fingerprint density at radius 1 is 0.659 bits per heavy atom. The molecule has 2 aliphatic heterocycles. The maximum absolute atomic E-state index is 10.2. The summed E-state index contributed by atoms with van der Waals surface area (Å²) in [6.45, 7) is 2.80. The van der Waals surface area contributed by atoms with Gasteiger partial charge in [0.05, 0.1) is 13.2 Å². The normalized spacial score (nSPS) is 34.7. The topological polar surface area (TPSA) is 199 Å². The van der Waals surface area contributed by atoms with Crippen LogP contribution >= 0.6 is 0 Å². The Kier molecular flexibility index (Phi) is 10.5. The Hall–Kier alpha value is -2.88. The van der Waals surface area contributed by atoms with E-state index in [1.165, 1.54) is 0 Å². The van der Waals surface area contributed by atoms with Gasteiger partial charge in [0.1, 0.15) is 60.3 Å². The van der Waals surface area contributed by atoms with Crippen molar-refractivity contribution in [1.29, 1.82) is 0 Å². The maximum atomic E-state index is 10.2. The highest BCUT2D eigenvalue weighted by Crippen LogP contribution is 2.28. The van der Waals surface area contributed by atoms with E-state index < -0.39 is 74.6 Å². The summed E-state index contributed by atoms with van der Waals surface area (Å²) in [5.74, 6) is 0.531. The molecule has 0 saturated carbocycles. The number of hydrogen-bond donors (Lipinski definition) is 8. The highest BCUT2D eigenvalue weighted by Gasteiger charge is 2.45. The van der Waals surface area contributed by atoms with Crippen molar-refractivity contribution < 1.29 is 59.8 Å². The molecule has 2 fully saturated rings. The summed E-state index contributed by atoms with van der Waals surface area (Å²) in [4.78, 5) is 0. The fourth-order valence-electron chi connectivity index (χ4n) is 4.56. The first-order chi connectivity index (χ1) is 19.7. The van der Waals surface area contributed by atoms with Crippen LogP contribution in [0.1, 0.15) is 17.0 Å². The zero-order chi connectivity index (χ0) is 29.7. The smallest absolute Gasteiger partial charge is 0.229 e. The molecule has 2 aliphatic rings. The van der Waals surface area contributed by atoms with Crippen molar-refractivity contribution >= 4 is 6.08 Å². The van der Waals surface area contributed by atoms with E-state index in [2.05, 4.69) is 6.58 Å². The van der Waals surface area contributed by atoms with Gasteiger partial charge in [-0.1, -0.05) is 42.5 Å². The van der Waals surface area contributed by atoms with Gasteiger partial charge in [-0.25, -0.2) is 0 Å². The molecule has 12 nitrogen and oxygen atoms in total. The number of rotatable bonds is 10. The van der Waals surface area contributed by atoms with E-state index in [9.17, 15) is 40.9 Å². The SMILES string of the molecule is C=C[C@@H](/C=C\c1ccc(O[C@H]2O[C@@H](CO)[C@@H](O)[C@@H](O)[C@H]2O)cc1)c1ccc(O[C@H]2O[C@@H](CO)[C@@H](O)[C@@H](O)[C@H]2O)cc1. The van der Waals surface area contributed by atoms with Gasteiger partial charge in [-0.2, -0.15) is 0 Å². The third-order valence-electron chi connectivity index (χ3n) is 7.10. The summed E-state index contributed by atoms with van der Waals surface area (Å²) in [5, 5.41) is 78.7. The molecule has 0 amide bonds. The Labute approximate surface area is 236 Å². The molecule has 0 spiro atoms. The summed E-state index contributed by atoms with van der Waals surface area (Å²) in [6, 6.07) is 13.8. The molecular formula is C29H36O12. The quantitative estimate of drug-likeness (QED) is 0.161. The first kappa shape index (κ1) is 31.1. The van der Waals surface area contributed by atoms with Crippen molar-refractivity contribution in [2.24, 2.45) is 0 Å². The lowest BCUT2D eigenvalue weighted by atomic mass is 9.97. The summed E-state index contributed by atoms with van der Waals surface area (Å²) >= 11 is 0. The van der Waals surface area contributed by atoms with Crippen molar-refractivity contribution in [2.45, 2.75) is 67.3 Å². The lowest BCUT2D eigenvalue weighted by molar-refractivity contribution is -0.277. The van der Waals surface area contributed by atoms with Gasteiger partial charge in [0.15, 0.2) is 0 Å². The molecule has 8 N–H and O–H groups in total. The standard InChI is InChI=1S/C29H36O12/c1-2-16(17-7-11-19(12-8-17)39-29-27(37)25(35)23(33)21(14-31)41-29)6-3-15-4-9-18(10-5-15)38-28-26(36)24(34)22(32)20(13-30)40-28/h2-12,16,20-37H,1,13-14H2/b6-3-/t16-,20-,21-,22+,23+,24+,25+,26+,27+,28-,29-/m0/s1. The minimum absolute atomic E-state index is 0.165. The van der Waals surface area contributed by atoms with Crippen LogP contribution in [0.5, 0.6) is 11.5 Å².